The van der Waals surface area contributed by atoms with E-state index in [-0.39, 0.29) is 23.3 Å². The number of phenols is 1. The molecule has 0 amide bonds. The third kappa shape index (κ3) is 11.5. The van der Waals surface area contributed by atoms with Crippen LogP contribution in [0, 0.1) is 0 Å². The first-order chi connectivity index (χ1) is 20.9. The van der Waals surface area contributed by atoms with E-state index < -0.39 is 50.0 Å². The minimum absolute atomic E-state index is 0.0338. The Morgan fingerprint density at radius 1 is 0.682 bits per heavy atom. The number of aromatic hydroxyl groups is 1. The van der Waals surface area contributed by atoms with Gasteiger partial charge in [-0.25, -0.2) is 0 Å². The summed E-state index contributed by atoms with van der Waals surface area (Å²) in [5.41, 5.74) is -0.695. The Morgan fingerprint density at radius 2 is 1.16 bits per heavy atom. The Hall–Kier alpha value is -1.83. The maximum absolute atomic E-state index is 13.4. The van der Waals surface area contributed by atoms with Gasteiger partial charge in [-0.05, 0) is 65.8 Å². The van der Waals surface area contributed by atoms with Gasteiger partial charge in [0.2, 0.25) is 0 Å². The third-order valence-electron chi connectivity index (χ3n) is 7.75. The molecule has 0 aliphatic heterocycles. The second-order valence-electron chi connectivity index (χ2n) is 10.9. The zero-order chi connectivity index (χ0) is 32.2. The topological polar surface area (TPSA) is 32.6 Å². The van der Waals surface area contributed by atoms with E-state index >= 15 is 0 Å². The van der Waals surface area contributed by atoms with E-state index in [2.05, 4.69) is 4.99 Å². The number of rotatable bonds is 4. The van der Waals surface area contributed by atoms with Crippen molar-refractivity contribution in [3.05, 3.63) is 82.9 Å². The molecule has 1 aliphatic carbocycles. The zero-order valence-electron chi connectivity index (χ0n) is 24.1. The molecule has 1 saturated carbocycles. The molecule has 1 aliphatic rings. The van der Waals surface area contributed by atoms with Crippen LogP contribution in [0.1, 0.15) is 98.8 Å². The average molecular weight is 738 g/mol. The van der Waals surface area contributed by atoms with E-state index in [1.807, 2.05) is 36.4 Å². The van der Waals surface area contributed by atoms with Crippen molar-refractivity contribution in [2.24, 2.45) is 4.99 Å². The summed E-state index contributed by atoms with van der Waals surface area (Å²) < 4.78 is 80.2. The molecule has 0 radical (unpaired) electrons. The molecule has 4 rings (SSSR count). The van der Waals surface area contributed by atoms with Gasteiger partial charge in [0, 0.05) is 11.8 Å². The molecule has 0 bridgehead atoms. The Balaban J connectivity index is 0.00000169. The number of alkyl halides is 6. The van der Waals surface area contributed by atoms with Gasteiger partial charge in [0.25, 0.3) is 0 Å². The van der Waals surface area contributed by atoms with Gasteiger partial charge in [0.1, 0.15) is 5.75 Å². The first kappa shape index (κ1) is 36.6. The summed E-state index contributed by atoms with van der Waals surface area (Å²) >= 11 is -0.826. The fraction of sp³-hybridized carbons (Fsp3) is 0.424. The molecule has 0 heterocycles. The summed E-state index contributed by atoms with van der Waals surface area (Å²) in [6, 6.07) is 14.4. The van der Waals surface area contributed by atoms with Crippen LogP contribution in [-0.2, 0) is 33.2 Å². The second kappa shape index (κ2) is 17.8. The van der Waals surface area contributed by atoms with Crippen molar-refractivity contribution in [1.29, 1.82) is 0 Å². The van der Waals surface area contributed by atoms with Gasteiger partial charge < -0.3 is 5.11 Å². The van der Waals surface area contributed by atoms with Crippen LogP contribution in [0.3, 0.4) is 0 Å². The summed E-state index contributed by atoms with van der Waals surface area (Å²) in [6.07, 6.45) is 3.35. The maximum atomic E-state index is 13.4. The normalized spacial score (nSPS) is 16.0. The molecule has 1 N–H and O–H groups in total. The summed E-state index contributed by atoms with van der Waals surface area (Å²) in [5.74, 6) is 0.0455. The third-order valence-corrected chi connectivity index (χ3v) is 7.75. The molecule has 3 aromatic carbocycles. The number of hydrogen-bond donors (Lipinski definition) is 1. The van der Waals surface area contributed by atoms with Crippen LogP contribution in [0.25, 0.3) is 11.1 Å². The minimum atomic E-state index is -4.97. The molecule has 0 saturated heterocycles. The van der Waals surface area contributed by atoms with E-state index in [1.54, 1.807) is 6.07 Å². The summed E-state index contributed by atoms with van der Waals surface area (Å²) in [4.78, 5) is 4.01. The molecular weight excluding hydrogens is 702 g/mol. The second-order valence-corrected chi connectivity index (χ2v) is 14.7. The zero-order valence-corrected chi connectivity index (χ0v) is 28.1. The van der Waals surface area contributed by atoms with Gasteiger partial charge in [-0.15, -0.1) is 0 Å². The molecule has 0 atom stereocenters. The van der Waals surface area contributed by atoms with Crippen LogP contribution in [0.15, 0.2) is 65.7 Å². The summed E-state index contributed by atoms with van der Waals surface area (Å²) in [5, 5.41) is 11.4. The molecule has 44 heavy (non-hydrogen) atoms. The van der Waals surface area contributed by atoms with Crippen LogP contribution in [0.2, 0.25) is 0 Å². The number of nitrogens with zero attached hydrogens (tertiary/aromatic N) is 1. The monoisotopic (exact) mass is 735 g/mol. The number of benzene rings is 3. The Kier molecular flexibility index (Phi) is 14.8. The molecule has 2 nitrogen and oxygen atoms in total. The quantitative estimate of drug-likeness (QED) is 0.210. The summed E-state index contributed by atoms with van der Waals surface area (Å²) in [7, 11) is 9.87. The van der Waals surface area contributed by atoms with Crippen LogP contribution < -0.4 is 0 Å². The van der Waals surface area contributed by atoms with E-state index in [4.69, 9.17) is 17.0 Å². The molecule has 1 fully saturated rings. The standard InChI is InChI=1S/C33H35F6NO.2ClH.Zr/c34-32(35,36)27-19-28(33(37,38)39)21-29(20-27)40-22-26-17-25(23-13-11-8-12-14-23)18-30(31(26)41)24-15-9-6-4-2-1-3-5-7-10-16-24;;;/h8,11-14,17-22,24,41H,1-7,9-10,15-16H2;2*1H;/q;;;+2/p-2. The first-order valence-corrected chi connectivity index (χ1v) is 21.0. The first-order valence-electron chi connectivity index (χ1n) is 14.7. The Labute approximate surface area is 273 Å². The van der Waals surface area contributed by atoms with Gasteiger partial charge in [0.05, 0.1) is 16.8 Å². The van der Waals surface area contributed by atoms with Gasteiger partial charge in [-0.3, -0.25) is 4.99 Å². The molecule has 0 unspecified atom stereocenters. The van der Waals surface area contributed by atoms with Gasteiger partial charge in [0.15, 0.2) is 0 Å². The Bertz CT molecular complexity index is 1300. The number of hydrogen-bond acceptors (Lipinski definition) is 2. The van der Waals surface area contributed by atoms with E-state index in [1.165, 1.54) is 32.1 Å². The predicted octanol–water partition coefficient (Wildman–Crippen LogP) is 12.6. The molecule has 3 aromatic rings. The average Bonchev–Trinajstić information content (AvgIpc) is 2.97. The van der Waals surface area contributed by atoms with E-state index in [0.29, 0.717) is 12.1 Å². The van der Waals surface area contributed by atoms with Crippen molar-refractivity contribution in [3.8, 4) is 16.9 Å². The fourth-order valence-electron chi connectivity index (χ4n) is 5.52. The molecule has 0 spiro atoms. The molecule has 11 heteroatoms. The van der Waals surface area contributed by atoms with Gasteiger partial charge in [-0.2, -0.15) is 26.3 Å². The van der Waals surface area contributed by atoms with Gasteiger partial charge in [-0.1, -0.05) is 88.1 Å². The summed E-state index contributed by atoms with van der Waals surface area (Å²) in [6.45, 7) is 0. The van der Waals surface area contributed by atoms with E-state index in [0.717, 1.165) is 61.4 Å². The van der Waals surface area contributed by atoms with Crippen molar-refractivity contribution in [3.63, 3.8) is 0 Å². The molecular formula is C33H35Cl2F6NOZr. The van der Waals surface area contributed by atoms with Crippen LogP contribution >= 0.6 is 17.0 Å². The number of phenolic OH excluding ortho intramolecular Hbond substituents is 1. The van der Waals surface area contributed by atoms with Crippen LogP contribution in [0.4, 0.5) is 32.0 Å². The van der Waals surface area contributed by atoms with Crippen molar-refractivity contribution in [2.75, 3.05) is 0 Å². The van der Waals surface area contributed by atoms with Crippen molar-refractivity contribution >= 4 is 28.9 Å². The number of aliphatic imine (C=N–C) groups is 1. The Morgan fingerprint density at radius 3 is 1.64 bits per heavy atom. The molecule has 238 valence electrons. The molecule has 0 aromatic heterocycles. The van der Waals surface area contributed by atoms with Crippen molar-refractivity contribution < 1.29 is 52.3 Å². The fourth-order valence-corrected chi connectivity index (χ4v) is 5.52. The predicted molar refractivity (Wildman–Crippen MR) is 162 cm³/mol. The van der Waals surface area contributed by atoms with Crippen LogP contribution in [-0.4, -0.2) is 11.3 Å². The van der Waals surface area contributed by atoms with Crippen molar-refractivity contribution in [1.82, 2.24) is 0 Å². The SMILES string of the molecule is Oc1c(C=Nc2cc(C(F)(F)F)cc(C(F)(F)F)c2)cc(-c2ccccc2)cc1C1CCCCCCCCCCC1.[Cl][Zr][Cl]. The number of halogens is 8. The van der Waals surface area contributed by atoms with Crippen LogP contribution in [0.5, 0.6) is 5.75 Å². The van der Waals surface area contributed by atoms with Gasteiger partial charge >= 0.3 is 50.2 Å². The van der Waals surface area contributed by atoms with E-state index in [9.17, 15) is 31.4 Å². The van der Waals surface area contributed by atoms with Crippen molar-refractivity contribution in [2.45, 2.75) is 88.9 Å².